The Bertz CT molecular complexity index is 456. The Kier molecular flexibility index (Phi) is 6.16. The molecule has 2 aliphatic rings. The van der Waals surface area contributed by atoms with Gasteiger partial charge in [-0.1, -0.05) is 25.7 Å². The molecule has 3 amide bonds. The van der Waals surface area contributed by atoms with E-state index in [2.05, 4.69) is 5.32 Å². The van der Waals surface area contributed by atoms with Crippen molar-refractivity contribution in [1.29, 1.82) is 0 Å². The van der Waals surface area contributed by atoms with Crippen molar-refractivity contribution in [3.8, 4) is 0 Å². The van der Waals surface area contributed by atoms with Crippen LogP contribution in [0.25, 0.3) is 0 Å². The van der Waals surface area contributed by atoms with Crippen LogP contribution in [0.4, 0.5) is 0 Å². The second-order valence-corrected chi connectivity index (χ2v) is 6.85. The van der Waals surface area contributed by atoms with Gasteiger partial charge in [0.15, 0.2) is 0 Å². The maximum atomic E-state index is 12.3. The molecule has 0 unspecified atom stereocenters. The Morgan fingerprint density at radius 2 is 1.74 bits per heavy atom. The van der Waals surface area contributed by atoms with E-state index in [0.29, 0.717) is 0 Å². The largest absolute Gasteiger partial charge is 0.365 e. The van der Waals surface area contributed by atoms with E-state index in [1.807, 2.05) is 0 Å². The molecule has 0 aromatic carbocycles. The highest BCUT2D eigenvalue weighted by Gasteiger charge is 2.41. The van der Waals surface area contributed by atoms with Crippen molar-refractivity contribution in [2.45, 2.75) is 90.0 Å². The molecule has 2 atom stereocenters. The molecule has 0 radical (unpaired) electrons. The Hall–Kier alpha value is -1.43. The van der Waals surface area contributed by atoms with Crippen molar-refractivity contribution < 1.29 is 19.1 Å². The number of rotatable bonds is 5. The molecule has 1 heterocycles. The van der Waals surface area contributed by atoms with Gasteiger partial charge in [0.1, 0.15) is 12.1 Å². The van der Waals surface area contributed by atoms with Crippen molar-refractivity contribution in [2.75, 3.05) is 0 Å². The molecule has 0 aromatic rings. The molecule has 1 aliphatic heterocycles. The van der Waals surface area contributed by atoms with Crippen LogP contribution < -0.4 is 5.32 Å². The van der Waals surface area contributed by atoms with Crippen LogP contribution in [-0.2, 0) is 19.1 Å². The lowest BCUT2D eigenvalue weighted by Crippen LogP contribution is -2.47. The molecular weight excluding hydrogens is 296 g/mol. The van der Waals surface area contributed by atoms with Gasteiger partial charge >= 0.3 is 0 Å². The van der Waals surface area contributed by atoms with Gasteiger partial charge in [0.25, 0.3) is 5.91 Å². The number of hydrogen-bond donors (Lipinski definition) is 1. The van der Waals surface area contributed by atoms with Crippen molar-refractivity contribution in [3.05, 3.63) is 0 Å². The van der Waals surface area contributed by atoms with Crippen LogP contribution in [0.5, 0.6) is 0 Å². The number of carbonyl (C=O) groups is 3. The van der Waals surface area contributed by atoms with Gasteiger partial charge in [-0.05, 0) is 33.6 Å². The number of imide groups is 1. The topological polar surface area (TPSA) is 75.7 Å². The maximum absolute atomic E-state index is 12.3. The third kappa shape index (κ3) is 4.53. The monoisotopic (exact) mass is 324 g/mol. The SMILES string of the molecule is CC(C)N1C(=O)C[C@H](NC(=O)[C@@H](C)OC2CCCCCC2)C1=O. The maximum Gasteiger partial charge on any atom is 0.252 e. The van der Waals surface area contributed by atoms with Crippen molar-refractivity contribution in [1.82, 2.24) is 10.2 Å². The second-order valence-electron chi connectivity index (χ2n) is 6.85. The fourth-order valence-corrected chi connectivity index (χ4v) is 3.32. The Balaban J connectivity index is 1.86. The highest BCUT2D eigenvalue weighted by atomic mass is 16.5. The minimum absolute atomic E-state index is 0.0406. The number of likely N-dealkylation sites (tertiary alicyclic amines) is 1. The van der Waals surface area contributed by atoms with E-state index < -0.39 is 12.1 Å². The van der Waals surface area contributed by atoms with Crippen molar-refractivity contribution >= 4 is 17.7 Å². The van der Waals surface area contributed by atoms with E-state index in [1.165, 1.54) is 17.7 Å². The van der Waals surface area contributed by atoms with Crippen LogP contribution in [0.15, 0.2) is 0 Å². The first-order chi connectivity index (χ1) is 10.9. The standard InChI is InChI=1S/C17H28N2O4/c1-11(2)19-15(20)10-14(17(19)22)18-16(21)12(3)23-13-8-6-4-5-7-9-13/h11-14H,4-10H2,1-3H3,(H,18,21)/t12-,14+/m1/s1. The van der Waals surface area contributed by atoms with Crippen LogP contribution in [0.3, 0.4) is 0 Å². The van der Waals surface area contributed by atoms with Gasteiger partial charge < -0.3 is 10.1 Å². The summed E-state index contributed by atoms with van der Waals surface area (Å²) in [6.45, 7) is 5.29. The molecule has 2 rings (SSSR count). The van der Waals surface area contributed by atoms with E-state index in [4.69, 9.17) is 4.74 Å². The molecule has 6 heteroatoms. The lowest BCUT2D eigenvalue weighted by Gasteiger charge is -2.22. The van der Waals surface area contributed by atoms with E-state index in [0.717, 1.165) is 25.7 Å². The average molecular weight is 324 g/mol. The highest BCUT2D eigenvalue weighted by molar-refractivity contribution is 6.07. The zero-order valence-electron chi connectivity index (χ0n) is 14.3. The van der Waals surface area contributed by atoms with E-state index >= 15 is 0 Å². The van der Waals surface area contributed by atoms with Gasteiger partial charge in [-0.3, -0.25) is 19.3 Å². The van der Waals surface area contributed by atoms with Crippen molar-refractivity contribution in [3.63, 3.8) is 0 Å². The van der Waals surface area contributed by atoms with Crippen LogP contribution in [0.2, 0.25) is 0 Å². The first kappa shape index (κ1) is 17.9. The number of carbonyl (C=O) groups excluding carboxylic acids is 3. The van der Waals surface area contributed by atoms with Gasteiger partial charge in [0.2, 0.25) is 11.8 Å². The molecule has 1 aliphatic carbocycles. The molecule has 0 aromatic heterocycles. The summed E-state index contributed by atoms with van der Waals surface area (Å²) in [6, 6.07) is -0.936. The normalized spacial score (nSPS) is 24.9. The van der Waals surface area contributed by atoms with Crippen molar-refractivity contribution in [2.24, 2.45) is 0 Å². The predicted molar refractivity (Wildman–Crippen MR) is 85.6 cm³/mol. The lowest BCUT2D eigenvalue weighted by atomic mass is 10.1. The third-order valence-corrected chi connectivity index (χ3v) is 4.58. The number of hydrogen-bond acceptors (Lipinski definition) is 4. The zero-order chi connectivity index (χ0) is 17.0. The summed E-state index contributed by atoms with van der Waals surface area (Å²) in [4.78, 5) is 37.6. The summed E-state index contributed by atoms with van der Waals surface area (Å²) >= 11 is 0. The summed E-state index contributed by atoms with van der Waals surface area (Å²) in [5.41, 5.74) is 0. The van der Waals surface area contributed by atoms with Gasteiger partial charge in [0, 0.05) is 6.04 Å². The number of amides is 3. The predicted octanol–water partition coefficient (Wildman–Crippen LogP) is 1.77. The highest BCUT2D eigenvalue weighted by Crippen LogP contribution is 2.21. The molecule has 6 nitrogen and oxygen atoms in total. The molecule has 2 fully saturated rings. The summed E-state index contributed by atoms with van der Waals surface area (Å²) in [7, 11) is 0. The Labute approximate surface area is 137 Å². The smallest absolute Gasteiger partial charge is 0.252 e. The van der Waals surface area contributed by atoms with Gasteiger partial charge in [-0.15, -0.1) is 0 Å². The van der Waals surface area contributed by atoms with Crippen LogP contribution in [-0.4, -0.2) is 46.9 Å². The Morgan fingerprint density at radius 3 is 2.26 bits per heavy atom. The fraction of sp³-hybridized carbons (Fsp3) is 0.824. The molecule has 130 valence electrons. The molecule has 0 spiro atoms. The van der Waals surface area contributed by atoms with E-state index in [-0.39, 0.29) is 36.3 Å². The number of nitrogens with zero attached hydrogens (tertiary/aromatic N) is 1. The summed E-state index contributed by atoms with van der Waals surface area (Å²) in [6.07, 6.45) is 6.25. The lowest BCUT2D eigenvalue weighted by molar-refractivity contribution is -0.143. The van der Waals surface area contributed by atoms with E-state index in [1.54, 1.807) is 20.8 Å². The molecule has 23 heavy (non-hydrogen) atoms. The molecule has 1 saturated carbocycles. The van der Waals surface area contributed by atoms with Gasteiger partial charge in [0.05, 0.1) is 12.5 Å². The summed E-state index contributed by atoms with van der Waals surface area (Å²) in [5.74, 6) is -0.862. The van der Waals surface area contributed by atoms with Gasteiger partial charge in [-0.25, -0.2) is 0 Å². The molecule has 0 bridgehead atoms. The zero-order valence-corrected chi connectivity index (χ0v) is 14.3. The first-order valence-electron chi connectivity index (χ1n) is 8.72. The average Bonchev–Trinajstić information content (AvgIpc) is 2.67. The van der Waals surface area contributed by atoms with E-state index in [9.17, 15) is 14.4 Å². The van der Waals surface area contributed by atoms with Crippen LogP contribution >= 0.6 is 0 Å². The van der Waals surface area contributed by atoms with Crippen LogP contribution in [0, 0.1) is 0 Å². The Morgan fingerprint density at radius 1 is 1.13 bits per heavy atom. The summed E-state index contributed by atoms with van der Waals surface area (Å²) in [5, 5.41) is 2.67. The summed E-state index contributed by atoms with van der Waals surface area (Å²) < 4.78 is 5.86. The molecule has 1 N–H and O–H groups in total. The van der Waals surface area contributed by atoms with Crippen LogP contribution in [0.1, 0.15) is 65.7 Å². The number of ether oxygens (including phenoxy) is 1. The third-order valence-electron chi connectivity index (χ3n) is 4.58. The first-order valence-corrected chi connectivity index (χ1v) is 8.72. The molecule has 1 saturated heterocycles. The minimum atomic E-state index is -0.752. The molecular formula is C17H28N2O4. The quantitative estimate of drug-likeness (QED) is 0.618. The minimum Gasteiger partial charge on any atom is -0.365 e. The number of nitrogens with one attached hydrogen (secondary N) is 1. The second kappa shape index (κ2) is 7.90. The van der Waals surface area contributed by atoms with Gasteiger partial charge in [-0.2, -0.15) is 0 Å². The fourth-order valence-electron chi connectivity index (χ4n) is 3.32.